The van der Waals surface area contributed by atoms with Gasteiger partial charge >= 0.3 is 0 Å². The van der Waals surface area contributed by atoms with Crippen molar-refractivity contribution < 1.29 is 9.59 Å². The number of aryl methyl sites for hydroxylation is 2. The maximum absolute atomic E-state index is 12.6. The van der Waals surface area contributed by atoms with E-state index in [2.05, 4.69) is 9.97 Å². The van der Waals surface area contributed by atoms with Crippen LogP contribution >= 0.6 is 35.0 Å². The van der Waals surface area contributed by atoms with E-state index in [1.165, 1.54) is 17.8 Å². The van der Waals surface area contributed by atoms with Crippen molar-refractivity contribution in [3.63, 3.8) is 0 Å². The number of benzene rings is 1. The molecule has 0 radical (unpaired) electrons. The highest BCUT2D eigenvalue weighted by atomic mass is 35.5. The molecule has 1 aromatic heterocycles. The van der Waals surface area contributed by atoms with Crippen LogP contribution in [0.4, 0.5) is 5.69 Å². The molecule has 2 amide bonds. The maximum Gasteiger partial charge on any atom is 0.247 e. The van der Waals surface area contributed by atoms with Gasteiger partial charge in [0.15, 0.2) is 5.16 Å². The minimum absolute atomic E-state index is 0.0973. The highest BCUT2D eigenvalue weighted by Crippen LogP contribution is 2.35. The Morgan fingerprint density at radius 3 is 2.38 bits per heavy atom. The molecular weight excluding hydrogens is 369 g/mol. The van der Waals surface area contributed by atoms with Gasteiger partial charge in [-0.15, -0.1) is 0 Å². The van der Waals surface area contributed by atoms with E-state index in [-0.39, 0.29) is 18.2 Å². The van der Waals surface area contributed by atoms with E-state index < -0.39 is 5.25 Å². The molecule has 124 valence electrons. The third-order valence-corrected chi connectivity index (χ3v) is 5.26. The molecule has 24 heavy (non-hydrogen) atoms. The van der Waals surface area contributed by atoms with Gasteiger partial charge in [0.05, 0.1) is 15.7 Å². The number of nitrogens with zero attached hydrogens (tertiary/aromatic N) is 3. The molecule has 5 nitrogen and oxygen atoms in total. The van der Waals surface area contributed by atoms with Gasteiger partial charge in [-0.25, -0.2) is 14.9 Å². The smallest absolute Gasteiger partial charge is 0.247 e. The van der Waals surface area contributed by atoms with E-state index in [0.717, 1.165) is 16.3 Å². The summed E-state index contributed by atoms with van der Waals surface area (Å²) in [5.41, 5.74) is 2.06. The third-order valence-electron chi connectivity index (χ3n) is 3.48. The molecule has 1 atom stereocenters. The number of amides is 2. The Morgan fingerprint density at radius 2 is 1.75 bits per heavy atom. The van der Waals surface area contributed by atoms with Crippen molar-refractivity contribution in [2.45, 2.75) is 30.7 Å². The topological polar surface area (TPSA) is 63.2 Å². The monoisotopic (exact) mass is 381 g/mol. The molecule has 0 aliphatic carbocycles. The Balaban J connectivity index is 1.84. The quantitative estimate of drug-likeness (QED) is 0.597. The number of aromatic nitrogens is 2. The molecule has 0 N–H and O–H groups in total. The fourth-order valence-electron chi connectivity index (χ4n) is 2.47. The van der Waals surface area contributed by atoms with E-state index in [4.69, 9.17) is 23.2 Å². The van der Waals surface area contributed by atoms with Crippen LogP contribution in [-0.2, 0) is 9.59 Å². The van der Waals surface area contributed by atoms with Crippen LogP contribution in [0, 0.1) is 13.8 Å². The van der Waals surface area contributed by atoms with Gasteiger partial charge < -0.3 is 0 Å². The molecule has 0 spiro atoms. The second-order valence-electron chi connectivity index (χ2n) is 5.41. The Morgan fingerprint density at radius 1 is 1.08 bits per heavy atom. The molecule has 1 aliphatic rings. The molecule has 0 unspecified atom stereocenters. The summed E-state index contributed by atoms with van der Waals surface area (Å²) in [7, 11) is 0. The fraction of sp³-hybridized carbons (Fsp3) is 0.250. The average Bonchev–Trinajstić information content (AvgIpc) is 2.75. The summed E-state index contributed by atoms with van der Waals surface area (Å²) in [5.74, 6) is -0.577. The van der Waals surface area contributed by atoms with Crippen LogP contribution in [0.1, 0.15) is 17.8 Å². The van der Waals surface area contributed by atoms with Gasteiger partial charge in [0.25, 0.3) is 0 Å². The van der Waals surface area contributed by atoms with Gasteiger partial charge in [0, 0.05) is 17.8 Å². The number of rotatable bonds is 3. The van der Waals surface area contributed by atoms with Crippen LogP contribution in [0.25, 0.3) is 0 Å². The number of anilines is 1. The number of hydrogen-bond donors (Lipinski definition) is 0. The van der Waals surface area contributed by atoms with E-state index in [1.807, 2.05) is 19.9 Å². The van der Waals surface area contributed by atoms with Gasteiger partial charge in [-0.3, -0.25) is 9.59 Å². The molecule has 8 heteroatoms. The zero-order valence-corrected chi connectivity index (χ0v) is 15.2. The minimum Gasteiger partial charge on any atom is -0.274 e. The lowest BCUT2D eigenvalue weighted by Gasteiger charge is -2.15. The van der Waals surface area contributed by atoms with Crippen molar-refractivity contribution in [3.05, 3.63) is 45.7 Å². The Bertz CT molecular complexity index is 824. The first-order valence-corrected chi connectivity index (χ1v) is 8.79. The number of halogens is 2. The molecule has 1 aromatic carbocycles. The van der Waals surface area contributed by atoms with Gasteiger partial charge in [-0.1, -0.05) is 35.0 Å². The third kappa shape index (κ3) is 3.41. The van der Waals surface area contributed by atoms with Crippen molar-refractivity contribution in [3.8, 4) is 0 Å². The summed E-state index contributed by atoms with van der Waals surface area (Å²) in [6.07, 6.45) is 0.0973. The van der Waals surface area contributed by atoms with Gasteiger partial charge in [0.1, 0.15) is 5.25 Å². The standard InChI is InChI=1S/C16H13Cl2N3O2S/c1-8-5-9(2)20-16(19-8)24-13-7-14(22)21(15(13)23)10-3-4-11(17)12(18)6-10/h3-6,13H,7H2,1-2H3/t13-/m1/s1. The molecule has 2 heterocycles. The number of thioether (sulfide) groups is 1. The molecule has 1 aliphatic heterocycles. The van der Waals surface area contributed by atoms with Crippen LogP contribution < -0.4 is 4.90 Å². The molecule has 0 saturated carbocycles. The van der Waals surface area contributed by atoms with Gasteiger partial charge in [0.2, 0.25) is 11.8 Å². The molecule has 3 rings (SSSR count). The highest BCUT2D eigenvalue weighted by molar-refractivity contribution is 8.00. The van der Waals surface area contributed by atoms with Crippen LogP contribution in [0.15, 0.2) is 29.4 Å². The number of carbonyl (C=O) groups excluding carboxylic acids is 2. The largest absolute Gasteiger partial charge is 0.274 e. The first kappa shape index (κ1) is 17.2. The summed E-state index contributed by atoms with van der Waals surface area (Å²) in [5, 5.41) is 0.611. The Kier molecular flexibility index (Phi) is 4.80. The summed E-state index contributed by atoms with van der Waals surface area (Å²) < 4.78 is 0. The summed E-state index contributed by atoms with van der Waals surface area (Å²) >= 11 is 13.1. The van der Waals surface area contributed by atoms with Crippen molar-refractivity contribution in [2.24, 2.45) is 0 Å². The summed E-state index contributed by atoms with van der Waals surface area (Å²) in [6, 6.07) is 6.53. The van der Waals surface area contributed by atoms with E-state index in [1.54, 1.807) is 12.1 Å². The van der Waals surface area contributed by atoms with Gasteiger partial charge in [-0.05, 0) is 38.1 Å². The fourth-order valence-corrected chi connectivity index (χ4v) is 3.84. The number of carbonyl (C=O) groups is 2. The zero-order valence-electron chi connectivity index (χ0n) is 12.9. The maximum atomic E-state index is 12.6. The number of imide groups is 1. The second kappa shape index (κ2) is 6.70. The van der Waals surface area contributed by atoms with Crippen molar-refractivity contribution >= 4 is 52.5 Å². The molecule has 0 bridgehead atoms. The Labute approximate surface area is 153 Å². The van der Waals surface area contributed by atoms with Crippen LogP contribution in [0.5, 0.6) is 0 Å². The summed E-state index contributed by atoms with van der Waals surface area (Å²) in [6.45, 7) is 3.73. The van der Waals surface area contributed by atoms with Crippen molar-refractivity contribution in [1.29, 1.82) is 0 Å². The van der Waals surface area contributed by atoms with Crippen LogP contribution in [0.2, 0.25) is 10.0 Å². The number of hydrogen-bond acceptors (Lipinski definition) is 5. The predicted molar refractivity (Wildman–Crippen MR) is 94.7 cm³/mol. The first-order valence-electron chi connectivity index (χ1n) is 7.16. The van der Waals surface area contributed by atoms with E-state index in [9.17, 15) is 9.59 Å². The predicted octanol–water partition coefficient (Wildman–Crippen LogP) is 3.82. The van der Waals surface area contributed by atoms with E-state index >= 15 is 0 Å². The first-order chi connectivity index (χ1) is 11.3. The zero-order chi connectivity index (χ0) is 17.4. The van der Waals surface area contributed by atoms with E-state index in [0.29, 0.717) is 20.9 Å². The molecule has 1 fully saturated rings. The second-order valence-corrected chi connectivity index (χ2v) is 7.39. The highest BCUT2D eigenvalue weighted by Gasteiger charge is 2.40. The van der Waals surface area contributed by atoms with Crippen LogP contribution in [-0.4, -0.2) is 27.0 Å². The SMILES string of the molecule is Cc1cc(C)nc(S[C@@H]2CC(=O)N(c3ccc(Cl)c(Cl)c3)C2=O)n1. The Hall–Kier alpha value is -1.63. The van der Waals surface area contributed by atoms with Gasteiger partial charge in [-0.2, -0.15) is 0 Å². The lowest BCUT2D eigenvalue weighted by Crippen LogP contribution is -2.31. The lowest BCUT2D eigenvalue weighted by molar-refractivity contribution is -0.121. The van der Waals surface area contributed by atoms with Crippen molar-refractivity contribution in [2.75, 3.05) is 4.90 Å². The van der Waals surface area contributed by atoms with Crippen LogP contribution in [0.3, 0.4) is 0 Å². The summed E-state index contributed by atoms with van der Waals surface area (Å²) in [4.78, 5) is 34.7. The van der Waals surface area contributed by atoms with Crippen molar-refractivity contribution in [1.82, 2.24) is 9.97 Å². The lowest BCUT2D eigenvalue weighted by atomic mass is 10.3. The average molecular weight is 382 g/mol. The minimum atomic E-state index is -0.548. The normalized spacial score (nSPS) is 17.7. The molecule has 1 saturated heterocycles. The molecular formula is C16H13Cl2N3O2S. The molecule has 2 aromatic rings.